The molecule has 0 amide bonds. The van der Waals surface area contributed by atoms with Crippen molar-refractivity contribution in [2.24, 2.45) is 5.92 Å². The lowest BCUT2D eigenvalue weighted by Crippen LogP contribution is -2.44. The molecule has 0 saturated carbocycles. The van der Waals surface area contributed by atoms with E-state index < -0.39 is 12.6 Å². The van der Waals surface area contributed by atoms with Crippen molar-refractivity contribution in [3.05, 3.63) is 99.5 Å². The molecule has 0 aliphatic carbocycles. The molecule has 5 atom stereocenters. The van der Waals surface area contributed by atoms with Crippen LogP contribution in [0.25, 0.3) is 0 Å². The van der Waals surface area contributed by atoms with E-state index in [4.69, 9.17) is 32.7 Å². The maximum atomic E-state index is 11.3. The summed E-state index contributed by atoms with van der Waals surface area (Å²) < 4.78 is 12.8. The zero-order valence-electron chi connectivity index (χ0n) is 22.5. The minimum Gasteiger partial charge on any atom is -0.482 e. The monoisotopic (exact) mass is 570 g/mol. The second kappa shape index (κ2) is 13.6. The van der Waals surface area contributed by atoms with Gasteiger partial charge in [-0.2, -0.15) is 0 Å². The summed E-state index contributed by atoms with van der Waals surface area (Å²) in [6, 6.07) is 23.6. The number of likely N-dealkylation sites (N-methyl/N-ethyl adjacent to an activating group) is 1. The zero-order chi connectivity index (χ0) is 27.9. The maximum Gasteiger partial charge on any atom is 0.341 e. The Balaban J connectivity index is 1.77. The van der Waals surface area contributed by atoms with Crippen LogP contribution in [0.3, 0.4) is 0 Å². The number of aliphatic carboxylic acids is 1. The van der Waals surface area contributed by atoms with Crippen molar-refractivity contribution >= 4 is 29.2 Å². The molecule has 0 unspecified atom stereocenters. The molecule has 3 aromatic rings. The van der Waals surface area contributed by atoms with Crippen molar-refractivity contribution in [1.82, 2.24) is 10.2 Å². The van der Waals surface area contributed by atoms with Gasteiger partial charge in [-0.05, 0) is 68.9 Å². The second-order valence-electron chi connectivity index (χ2n) is 10.4. The second-order valence-corrected chi connectivity index (χ2v) is 11.2. The average molecular weight is 572 g/mol. The third kappa shape index (κ3) is 7.74. The molecule has 6 nitrogen and oxygen atoms in total. The Hall–Kier alpha value is -2.61. The minimum absolute atomic E-state index is 0.0402. The standard InChI is InChI=1S/C31H36Cl2N2O4/c1-20(34-15-16-35(2)3)25-18-26(21-9-11-23(32)12-10-21)30(22-7-5-4-6-8-22)39-31(25)27-17-24(33)13-14-28(27)38-19-29(36)37/h4-14,17,20,25-26,30-31,34H,15-16,18-19H2,1-3H3,(H,36,37)/t20-,25+,26+,30-,31-/m1/s1. The van der Waals surface area contributed by atoms with E-state index in [0.29, 0.717) is 15.8 Å². The van der Waals surface area contributed by atoms with Crippen LogP contribution in [-0.4, -0.2) is 55.8 Å². The van der Waals surface area contributed by atoms with Gasteiger partial charge in [-0.3, -0.25) is 0 Å². The minimum atomic E-state index is -1.04. The Kier molecular flexibility index (Phi) is 10.3. The molecule has 8 heteroatoms. The molecule has 2 N–H and O–H groups in total. The van der Waals surface area contributed by atoms with Gasteiger partial charge in [0.1, 0.15) is 5.75 Å². The normalized spacial score (nSPS) is 22.0. The molecule has 4 rings (SSSR count). The number of carboxylic acid groups (broad SMARTS) is 1. The lowest BCUT2D eigenvalue weighted by atomic mass is 9.74. The smallest absolute Gasteiger partial charge is 0.341 e. The highest BCUT2D eigenvalue weighted by Gasteiger charge is 2.43. The molecule has 0 spiro atoms. The molecule has 39 heavy (non-hydrogen) atoms. The SMILES string of the molecule is C[C@@H](NCCN(C)C)[C@@H]1C[C@@H](c2ccc(Cl)cc2)[C@@H](c2ccccc2)O[C@H]1c1cc(Cl)ccc1OCC(=O)O. The highest BCUT2D eigenvalue weighted by atomic mass is 35.5. The topological polar surface area (TPSA) is 71.0 Å². The summed E-state index contributed by atoms with van der Waals surface area (Å²) >= 11 is 12.7. The molecule has 1 saturated heterocycles. The quantitative estimate of drug-likeness (QED) is 0.270. The molecular formula is C31H36Cl2N2O4. The Bertz CT molecular complexity index is 1220. The summed E-state index contributed by atoms with van der Waals surface area (Å²) in [5.41, 5.74) is 2.99. The van der Waals surface area contributed by atoms with Gasteiger partial charge in [-0.25, -0.2) is 4.79 Å². The first kappa shape index (κ1) is 29.4. The number of hydrogen-bond acceptors (Lipinski definition) is 5. The summed E-state index contributed by atoms with van der Waals surface area (Å²) in [6.45, 7) is 3.46. The fraction of sp³-hybridized carbons (Fsp3) is 0.387. The van der Waals surface area contributed by atoms with Crippen LogP contribution < -0.4 is 10.1 Å². The predicted molar refractivity (Wildman–Crippen MR) is 156 cm³/mol. The maximum absolute atomic E-state index is 11.3. The van der Waals surface area contributed by atoms with Gasteiger partial charge in [-0.1, -0.05) is 65.7 Å². The largest absolute Gasteiger partial charge is 0.482 e. The van der Waals surface area contributed by atoms with E-state index in [1.54, 1.807) is 12.1 Å². The highest BCUT2D eigenvalue weighted by Crippen LogP contribution is 2.52. The Morgan fingerprint density at radius 1 is 1.03 bits per heavy atom. The Labute approximate surface area is 240 Å². The lowest BCUT2D eigenvalue weighted by Gasteiger charge is -2.45. The van der Waals surface area contributed by atoms with Crippen LogP contribution in [-0.2, 0) is 9.53 Å². The molecular weight excluding hydrogens is 535 g/mol. The first-order valence-corrected chi connectivity index (χ1v) is 14.0. The number of rotatable bonds is 11. The molecule has 3 aromatic carbocycles. The van der Waals surface area contributed by atoms with Gasteiger partial charge in [0.05, 0.1) is 12.2 Å². The third-order valence-electron chi connectivity index (χ3n) is 7.30. The molecule has 1 heterocycles. The van der Waals surface area contributed by atoms with Crippen molar-refractivity contribution in [3.63, 3.8) is 0 Å². The van der Waals surface area contributed by atoms with E-state index in [9.17, 15) is 9.90 Å². The van der Waals surface area contributed by atoms with Crippen LogP contribution in [0.5, 0.6) is 5.75 Å². The van der Waals surface area contributed by atoms with Gasteiger partial charge in [0, 0.05) is 46.6 Å². The van der Waals surface area contributed by atoms with E-state index in [1.165, 1.54) is 0 Å². The zero-order valence-corrected chi connectivity index (χ0v) is 24.0. The number of carboxylic acids is 1. The number of benzene rings is 3. The molecule has 208 valence electrons. The van der Waals surface area contributed by atoms with Crippen LogP contribution in [0, 0.1) is 5.92 Å². The number of carbonyl (C=O) groups is 1. The molecule has 1 fully saturated rings. The van der Waals surface area contributed by atoms with Crippen molar-refractivity contribution < 1.29 is 19.4 Å². The van der Waals surface area contributed by atoms with Crippen molar-refractivity contribution in [1.29, 1.82) is 0 Å². The molecule has 1 aliphatic rings. The van der Waals surface area contributed by atoms with Crippen LogP contribution in [0.2, 0.25) is 10.0 Å². The summed E-state index contributed by atoms with van der Waals surface area (Å²) in [5, 5.41) is 14.2. The first-order chi connectivity index (χ1) is 18.7. The van der Waals surface area contributed by atoms with Crippen molar-refractivity contribution in [2.45, 2.75) is 37.5 Å². The van der Waals surface area contributed by atoms with E-state index in [-0.39, 0.29) is 30.1 Å². The number of hydrogen-bond donors (Lipinski definition) is 2. The van der Waals surface area contributed by atoms with Gasteiger partial charge in [0.25, 0.3) is 0 Å². The highest BCUT2D eigenvalue weighted by molar-refractivity contribution is 6.30. The average Bonchev–Trinajstić information content (AvgIpc) is 2.92. The molecule has 0 aromatic heterocycles. The fourth-order valence-corrected chi connectivity index (χ4v) is 5.63. The van der Waals surface area contributed by atoms with E-state index >= 15 is 0 Å². The first-order valence-electron chi connectivity index (χ1n) is 13.2. The summed E-state index contributed by atoms with van der Waals surface area (Å²) in [5.74, 6) is -0.459. The number of nitrogens with one attached hydrogen (secondary N) is 1. The summed E-state index contributed by atoms with van der Waals surface area (Å²) in [4.78, 5) is 13.5. The Morgan fingerprint density at radius 2 is 1.72 bits per heavy atom. The van der Waals surface area contributed by atoms with Crippen LogP contribution in [0.1, 0.15) is 48.2 Å². The van der Waals surface area contributed by atoms with Crippen molar-refractivity contribution in [3.8, 4) is 5.75 Å². The number of ether oxygens (including phenoxy) is 2. The summed E-state index contributed by atoms with van der Waals surface area (Å²) in [7, 11) is 4.11. The van der Waals surface area contributed by atoms with Gasteiger partial charge in [0.2, 0.25) is 0 Å². The summed E-state index contributed by atoms with van der Waals surface area (Å²) in [6.07, 6.45) is 0.198. The van der Waals surface area contributed by atoms with Gasteiger partial charge >= 0.3 is 5.97 Å². The Morgan fingerprint density at radius 3 is 2.38 bits per heavy atom. The van der Waals surface area contributed by atoms with Crippen LogP contribution in [0.4, 0.5) is 0 Å². The van der Waals surface area contributed by atoms with E-state index in [1.807, 2.05) is 36.4 Å². The number of halogens is 2. The molecule has 0 bridgehead atoms. The lowest BCUT2D eigenvalue weighted by molar-refractivity contribution is -0.139. The number of nitrogens with zero attached hydrogens (tertiary/aromatic N) is 1. The van der Waals surface area contributed by atoms with Crippen LogP contribution >= 0.6 is 23.2 Å². The molecule has 1 aliphatic heterocycles. The van der Waals surface area contributed by atoms with Crippen molar-refractivity contribution in [2.75, 3.05) is 33.8 Å². The fourth-order valence-electron chi connectivity index (χ4n) is 5.32. The predicted octanol–water partition coefficient (Wildman–Crippen LogP) is 6.60. The van der Waals surface area contributed by atoms with E-state index in [0.717, 1.165) is 36.2 Å². The molecule has 0 radical (unpaired) electrons. The third-order valence-corrected chi connectivity index (χ3v) is 7.78. The van der Waals surface area contributed by atoms with Gasteiger partial charge in [-0.15, -0.1) is 0 Å². The van der Waals surface area contributed by atoms with Gasteiger partial charge in [0.15, 0.2) is 6.61 Å². The van der Waals surface area contributed by atoms with Crippen LogP contribution in [0.15, 0.2) is 72.8 Å². The van der Waals surface area contributed by atoms with E-state index in [2.05, 4.69) is 55.5 Å². The van der Waals surface area contributed by atoms with Gasteiger partial charge < -0.3 is 24.8 Å².